The van der Waals surface area contributed by atoms with E-state index in [1.807, 2.05) is 24.3 Å². The molecule has 0 heterocycles. The Labute approximate surface area is 130 Å². The highest BCUT2D eigenvalue weighted by atomic mass is 79.9. The Morgan fingerprint density at radius 2 is 1.83 bits per heavy atom. The molecule has 0 amide bonds. The zero-order valence-corrected chi connectivity index (χ0v) is 13.8. The van der Waals surface area contributed by atoms with Crippen molar-refractivity contribution in [1.29, 1.82) is 0 Å². The monoisotopic (exact) mass is 436 g/mol. The minimum absolute atomic E-state index is 0.286. The van der Waals surface area contributed by atoms with Crippen LogP contribution in [-0.2, 0) is 6.61 Å². The Bertz CT molecular complexity index is 572. The first-order valence-electron chi connectivity index (χ1n) is 5.08. The predicted octanol–water partition coefficient (Wildman–Crippen LogP) is 5.69. The lowest BCUT2D eigenvalue weighted by Gasteiger charge is -2.10. The van der Waals surface area contributed by atoms with Crippen LogP contribution < -0.4 is 4.74 Å². The lowest BCUT2D eigenvalue weighted by Crippen LogP contribution is -1.98. The van der Waals surface area contributed by atoms with Crippen LogP contribution in [0.2, 0.25) is 0 Å². The minimum Gasteiger partial charge on any atom is -0.488 e. The van der Waals surface area contributed by atoms with Crippen LogP contribution in [0.15, 0.2) is 49.8 Å². The molecule has 18 heavy (non-hydrogen) atoms. The Morgan fingerprint density at radius 1 is 1.06 bits per heavy atom. The van der Waals surface area contributed by atoms with Gasteiger partial charge in [0, 0.05) is 10.0 Å². The standard InChI is InChI=1S/C13H8Br3FO/c14-9-4-5-12(10(15)6-9)18-7-8-2-1-3-11(17)13(8)16/h1-6H,7H2. The third kappa shape index (κ3) is 3.33. The molecule has 0 saturated heterocycles. The van der Waals surface area contributed by atoms with Crippen molar-refractivity contribution >= 4 is 47.8 Å². The first-order valence-corrected chi connectivity index (χ1v) is 7.46. The van der Waals surface area contributed by atoms with Gasteiger partial charge in [-0.2, -0.15) is 0 Å². The molecule has 2 aromatic carbocycles. The summed E-state index contributed by atoms with van der Waals surface area (Å²) in [6.45, 7) is 0.304. The molecular formula is C13H8Br3FO. The molecular weight excluding hydrogens is 431 g/mol. The van der Waals surface area contributed by atoms with Gasteiger partial charge < -0.3 is 4.74 Å². The molecule has 0 saturated carbocycles. The van der Waals surface area contributed by atoms with E-state index in [0.29, 0.717) is 11.1 Å². The van der Waals surface area contributed by atoms with Gasteiger partial charge in [0.25, 0.3) is 0 Å². The average Bonchev–Trinajstić information content (AvgIpc) is 2.33. The predicted molar refractivity (Wildman–Crippen MR) is 80.3 cm³/mol. The second-order valence-electron chi connectivity index (χ2n) is 3.58. The molecule has 0 fully saturated rings. The molecule has 0 aliphatic carbocycles. The summed E-state index contributed by atoms with van der Waals surface area (Å²) in [5.41, 5.74) is 0.768. The summed E-state index contributed by atoms with van der Waals surface area (Å²) in [5.74, 6) is 0.431. The van der Waals surface area contributed by atoms with E-state index in [1.54, 1.807) is 6.07 Å². The van der Waals surface area contributed by atoms with Crippen LogP contribution in [0.5, 0.6) is 5.75 Å². The second kappa shape index (κ2) is 6.17. The zero-order chi connectivity index (χ0) is 13.1. The Kier molecular flexibility index (Phi) is 4.81. The zero-order valence-electron chi connectivity index (χ0n) is 9.09. The number of halogens is 4. The lowest BCUT2D eigenvalue weighted by atomic mass is 10.2. The number of ether oxygens (including phenoxy) is 1. The van der Waals surface area contributed by atoms with Gasteiger partial charge in [-0.15, -0.1) is 0 Å². The van der Waals surface area contributed by atoms with E-state index in [9.17, 15) is 4.39 Å². The summed E-state index contributed by atoms with van der Waals surface area (Å²) in [5, 5.41) is 0. The van der Waals surface area contributed by atoms with Crippen LogP contribution in [-0.4, -0.2) is 0 Å². The fourth-order valence-electron chi connectivity index (χ4n) is 1.41. The molecule has 2 rings (SSSR count). The molecule has 0 aliphatic heterocycles. The molecule has 94 valence electrons. The van der Waals surface area contributed by atoms with Crippen molar-refractivity contribution in [3.63, 3.8) is 0 Å². The normalized spacial score (nSPS) is 10.4. The van der Waals surface area contributed by atoms with Crippen molar-refractivity contribution in [2.24, 2.45) is 0 Å². The fraction of sp³-hybridized carbons (Fsp3) is 0.0769. The third-order valence-corrected chi connectivity index (χ3v) is 4.31. The van der Waals surface area contributed by atoms with Gasteiger partial charge in [-0.3, -0.25) is 0 Å². The van der Waals surface area contributed by atoms with Gasteiger partial charge in [0.05, 0.1) is 8.95 Å². The maximum Gasteiger partial charge on any atom is 0.137 e. The van der Waals surface area contributed by atoms with Crippen molar-refractivity contribution in [3.8, 4) is 5.75 Å². The second-order valence-corrected chi connectivity index (χ2v) is 6.14. The maximum absolute atomic E-state index is 13.3. The first kappa shape index (κ1) is 14.0. The Morgan fingerprint density at radius 3 is 2.56 bits per heavy atom. The topological polar surface area (TPSA) is 9.23 Å². The van der Waals surface area contributed by atoms with Crippen molar-refractivity contribution in [2.75, 3.05) is 0 Å². The molecule has 0 spiro atoms. The van der Waals surface area contributed by atoms with Gasteiger partial charge in [0.15, 0.2) is 0 Å². The summed E-state index contributed by atoms with van der Waals surface area (Å²) in [6.07, 6.45) is 0. The van der Waals surface area contributed by atoms with Gasteiger partial charge in [-0.1, -0.05) is 28.1 Å². The molecule has 0 aliphatic rings. The third-order valence-electron chi connectivity index (χ3n) is 2.31. The summed E-state index contributed by atoms with van der Waals surface area (Å²) < 4.78 is 21.2. The molecule has 0 radical (unpaired) electrons. The van der Waals surface area contributed by atoms with Crippen LogP contribution >= 0.6 is 47.8 Å². The van der Waals surface area contributed by atoms with Gasteiger partial charge in [0.1, 0.15) is 18.2 Å². The molecule has 0 bridgehead atoms. The highest BCUT2D eigenvalue weighted by Gasteiger charge is 2.07. The Hall–Kier alpha value is -0.390. The van der Waals surface area contributed by atoms with Crippen LogP contribution in [0.3, 0.4) is 0 Å². The lowest BCUT2D eigenvalue weighted by molar-refractivity contribution is 0.302. The van der Waals surface area contributed by atoms with E-state index < -0.39 is 0 Å². The van der Waals surface area contributed by atoms with E-state index in [1.165, 1.54) is 6.07 Å². The summed E-state index contributed by atoms with van der Waals surface area (Å²) >= 11 is 9.99. The fourth-order valence-corrected chi connectivity index (χ4v) is 2.95. The maximum atomic E-state index is 13.3. The molecule has 0 N–H and O–H groups in total. The molecule has 2 aromatic rings. The van der Waals surface area contributed by atoms with Crippen LogP contribution in [0.4, 0.5) is 4.39 Å². The van der Waals surface area contributed by atoms with Gasteiger partial charge >= 0.3 is 0 Å². The number of hydrogen-bond donors (Lipinski definition) is 0. The SMILES string of the molecule is Fc1cccc(COc2ccc(Br)cc2Br)c1Br. The highest BCUT2D eigenvalue weighted by Crippen LogP contribution is 2.29. The number of rotatable bonds is 3. The summed E-state index contributed by atoms with van der Waals surface area (Å²) in [6, 6.07) is 10.5. The van der Waals surface area contributed by atoms with Crippen LogP contribution in [0.25, 0.3) is 0 Å². The molecule has 0 aromatic heterocycles. The van der Waals surface area contributed by atoms with E-state index >= 15 is 0 Å². The summed E-state index contributed by atoms with van der Waals surface area (Å²) in [4.78, 5) is 0. The van der Waals surface area contributed by atoms with Crippen molar-refractivity contribution in [1.82, 2.24) is 0 Å². The summed E-state index contributed by atoms with van der Waals surface area (Å²) in [7, 11) is 0. The van der Waals surface area contributed by atoms with E-state index in [4.69, 9.17) is 4.74 Å². The van der Waals surface area contributed by atoms with Crippen LogP contribution in [0, 0.1) is 5.82 Å². The smallest absolute Gasteiger partial charge is 0.137 e. The molecule has 0 atom stereocenters. The Balaban J connectivity index is 2.14. The van der Waals surface area contributed by atoms with Gasteiger partial charge in [0.2, 0.25) is 0 Å². The van der Waals surface area contributed by atoms with Gasteiger partial charge in [-0.05, 0) is 56.1 Å². The highest BCUT2D eigenvalue weighted by molar-refractivity contribution is 9.11. The average molecular weight is 439 g/mol. The van der Waals surface area contributed by atoms with E-state index in [0.717, 1.165) is 20.3 Å². The number of benzene rings is 2. The van der Waals surface area contributed by atoms with E-state index in [-0.39, 0.29) is 5.82 Å². The van der Waals surface area contributed by atoms with Crippen LogP contribution in [0.1, 0.15) is 5.56 Å². The molecule has 0 unspecified atom stereocenters. The largest absolute Gasteiger partial charge is 0.488 e. The number of hydrogen-bond acceptors (Lipinski definition) is 1. The van der Waals surface area contributed by atoms with Gasteiger partial charge in [-0.25, -0.2) is 4.39 Å². The van der Waals surface area contributed by atoms with Crippen molar-refractivity contribution < 1.29 is 9.13 Å². The molecule has 1 nitrogen and oxygen atoms in total. The van der Waals surface area contributed by atoms with Crippen molar-refractivity contribution in [3.05, 3.63) is 61.2 Å². The molecule has 5 heteroatoms. The minimum atomic E-state index is -0.286. The quantitative estimate of drug-likeness (QED) is 0.598. The van der Waals surface area contributed by atoms with E-state index in [2.05, 4.69) is 47.8 Å². The van der Waals surface area contributed by atoms with Crippen molar-refractivity contribution in [2.45, 2.75) is 6.61 Å². The first-order chi connectivity index (χ1) is 8.58.